The molecule has 0 saturated heterocycles. The Morgan fingerprint density at radius 2 is 1.90 bits per heavy atom. The second kappa shape index (κ2) is 11.5. The van der Waals surface area contributed by atoms with Crippen molar-refractivity contribution in [2.24, 2.45) is 4.99 Å². The van der Waals surface area contributed by atoms with Crippen LogP contribution in [0, 0.1) is 0 Å². The van der Waals surface area contributed by atoms with Gasteiger partial charge < -0.3 is 15.7 Å². The Kier molecular flexibility index (Phi) is 11.5. The zero-order valence-electron chi connectivity index (χ0n) is 14.0. The van der Waals surface area contributed by atoms with Gasteiger partial charge in [0.25, 0.3) is 0 Å². The molecule has 1 unspecified atom stereocenters. The van der Waals surface area contributed by atoms with E-state index in [1.54, 1.807) is 0 Å². The summed E-state index contributed by atoms with van der Waals surface area (Å²) in [6, 6.07) is 0.428. The minimum atomic E-state index is -0.562. The van der Waals surface area contributed by atoms with Gasteiger partial charge in [0.05, 0.1) is 12.1 Å². The number of hydrogen-bond donors (Lipinski definition) is 3. The fourth-order valence-corrected chi connectivity index (χ4v) is 2.74. The summed E-state index contributed by atoms with van der Waals surface area (Å²) in [7, 11) is 0. The number of halogens is 1. The largest absolute Gasteiger partial charge is 0.388 e. The number of unbranched alkanes of at least 4 members (excludes halogenated alkanes) is 2. The van der Waals surface area contributed by atoms with E-state index < -0.39 is 5.60 Å². The highest BCUT2D eigenvalue weighted by Gasteiger charge is 2.30. The van der Waals surface area contributed by atoms with Gasteiger partial charge in [-0.3, -0.25) is 4.99 Å². The van der Waals surface area contributed by atoms with E-state index in [0.29, 0.717) is 12.6 Å². The molecule has 3 N–H and O–H groups in total. The van der Waals surface area contributed by atoms with Crippen molar-refractivity contribution in [1.29, 1.82) is 0 Å². The maximum atomic E-state index is 10.4. The highest BCUT2D eigenvalue weighted by molar-refractivity contribution is 14.0. The second-order valence-electron chi connectivity index (χ2n) is 6.17. The summed E-state index contributed by atoms with van der Waals surface area (Å²) < 4.78 is 0. The Bertz CT molecular complexity index is 291. The van der Waals surface area contributed by atoms with Crippen molar-refractivity contribution in [2.45, 2.75) is 83.8 Å². The number of nitrogens with zero attached hydrogens (tertiary/aromatic N) is 1. The molecule has 1 fully saturated rings. The first kappa shape index (κ1) is 21.0. The number of nitrogens with one attached hydrogen (secondary N) is 2. The van der Waals surface area contributed by atoms with Crippen molar-refractivity contribution < 1.29 is 5.11 Å². The molecule has 0 bridgehead atoms. The van der Waals surface area contributed by atoms with Gasteiger partial charge >= 0.3 is 0 Å². The van der Waals surface area contributed by atoms with Gasteiger partial charge in [-0.2, -0.15) is 0 Å². The number of hydrogen-bond acceptors (Lipinski definition) is 2. The summed E-state index contributed by atoms with van der Waals surface area (Å²) in [4.78, 5) is 4.58. The van der Waals surface area contributed by atoms with Crippen LogP contribution in [0.4, 0.5) is 0 Å². The summed E-state index contributed by atoms with van der Waals surface area (Å²) in [5.41, 5.74) is -0.562. The molecule has 4 nitrogen and oxygen atoms in total. The van der Waals surface area contributed by atoms with Crippen LogP contribution in [-0.4, -0.2) is 35.8 Å². The third-order valence-electron chi connectivity index (χ3n) is 4.03. The Hall–Kier alpha value is -0.0400. The molecule has 5 heteroatoms. The zero-order chi connectivity index (χ0) is 14.8. The molecule has 1 rings (SSSR count). The minimum absolute atomic E-state index is 0. The molecule has 0 heterocycles. The van der Waals surface area contributed by atoms with E-state index in [0.717, 1.165) is 38.2 Å². The fourth-order valence-electron chi connectivity index (χ4n) is 2.74. The van der Waals surface area contributed by atoms with Crippen LogP contribution in [0.25, 0.3) is 0 Å². The van der Waals surface area contributed by atoms with E-state index in [4.69, 9.17) is 0 Å². The lowest BCUT2D eigenvalue weighted by molar-refractivity contribution is 0.0574. The molecule has 1 atom stereocenters. The molecule has 1 aliphatic carbocycles. The lowest BCUT2D eigenvalue weighted by Crippen LogP contribution is -2.43. The van der Waals surface area contributed by atoms with Gasteiger partial charge in [-0.15, -0.1) is 24.0 Å². The normalized spacial score (nSPS) is 19.0. The average Bonchev–Trinajstić information content (AvgIpc) is 2.84. The van der Waals surface area contributed by atoms with E-state index in [9.17, 15) is 5.11 Å². The predicted molar refractivity (Wildman–Crippen MR) is 102 cm³/mol. The first-order valence-corrected chi connectivity index (χ1v) is 8.37. The monoisotopic (exact) mass is 411 g/mol. The van der Waals surface area contributed by atoms with Crippen molar-refractivity contribution in [2.75, 3.05) is 13.1 Å². The van der Waals surface area contributed by atoms with Crippen LogP contribution in [0.5, 0.6) is 0 Å². The van der Waals surface area contributed by atoms with Crippen LogP contribution in [0.1, 0.15) is 72.1 Å². The quantitative estimate of drug-likeness (QED) is 0.248. The van der Waals surface area contributed by atoms with Crippen molar-refractivity contribution in [3.8, 4) is 0 Å². The first-order chi connectivity index (χ1) is 9.59. The molecule has 1 aliphatic rings. The van der Waals surface area contributed by atoms with Crippen LogP contribution in [-0.2, 0) is 0 Å². The van der Waals surface area contributed by atoms with Crippen molar-refractivity contribution in [1.82, 2.24) is 10.6 Å². The number of guanidine groups is 1. The lowest BCUT2D eigenvalue weighted by Gasteiger charge is -2.22. The van der Waals surface area contributed by atoms with Crippen molar-refractivity contribution in [3.05, 3.63) is 0 Å². The molecule has 0 aliphatic heterocycles. The summed E-state index contributed by atoms with van der Waals surface area (Å²) >= 11 is 0. The van der Waals surface area contributed by atoms with Crippen LogP contribution in [0.2, 0.25) is 0 Å². The average molecular weight is 411 g/mol. The van der Waals surface area contributed by atoms with Gasteiger partial charge in [0.15, 0.2) is 5.96 Å². The summed E-state index contributed by atoms with van der Waals surface area (Å²) in [5.74, 6) is 0.844. The van der Waals surface area contributed by atoms with Crippen LogP contribution in [0.3, 0.4) is 0 Å². The van der Waals surface area contributed by atoms with Gasteiger partial charge in [-0.25, -0.2) is 0 Å². The molecule has 0 aromatic carbocycles. The molecular weight excluding hydrogens is 377 g/mol. The Labute approximate surface area is 147 Å². The van der Waals surface area contributed by atoms with E-state index in [-0.39, 0.29) is 24.0 Å². The van der Waals surface area contributed by atoms with Crippen LogP contribution < -0.4 is 10.6 Å². The first-order valence-electron chi connectivity index (χ1n) is 8.37. The maximum Gasteiger partial charge on any atom is 0.191 e. The van der Waals surface area contributed by atoms with E-state index in [1.165, 1.54) is 25.7 Å². The summed E-state index contributed by atoms with van der Waals surface area (Å²) in [6.07, 6.45) is 9.01. The van der Waals surface area contributed by atoms with Gasteiger partial charge in [0, 0.05) is 12.6 Å². The topological polar surface area (TPSA) is 56.7 Å². The van der Waals surface area contributed by atoms with Crippen molar-refractivity contribution >= 4 is 29.9 Å². The van der Waals surface area contributed by atoms with Gasteiger partial charge in [-0.05, 0) is 33.1 Å². The second-order valence-corrected chi connectivity index (χ2v) is 6.17. The third kappa shape index (κ3) is 8.86. The molecule has 0 aromatic rings. The predicted octanol–water partition coefficient (Wildman–Crippen LogP) is 3.43. The fraction of sp³-hybridized carbons (Fsp3) is 0.938. The SMILES string of the molecule is CCCCCC(C)NC(=NCC1(O)CCCC1)NCC.I. The third-order valence-corrected chi connectivity index (χ3v) is 4.03. The molecule has 21 heavy (non-hydrogen) atoms. The van der Waals surface area contributed by atoms with Gasteiger partial charge in [-0.1, -0.05) is 39.0 Å². The lowest BCUT2D eigenvalue weighted by atomic mass is 10.0. The van der Waals surface area contributed by atoms with Gasteiger partial charge in [0.2, 0.25) is 0 Å². The Balaban J connectivity index is 0.00000400. The molecule has 0 amide bonds. The van der Waals surface area contributed by atoms with E-state index in [2.05, 4.69) is 36.4 Å². The Morgan fingerprint density at radius 1 is 1.24 bits per heavy atom. The smallest absolute Gasteiger partial charge is 0.191 e. The summed E-state index contributed by atoms with van der Waals surface area (Å²) in [6.45, 7) is 7.87. The highest BCUT2D eigenvalue weighted by Crippen LogP contribution is 2.29. The highest BCUT2D eigenvalue weighted by atomic mass is 127. The number of rotatable bonds is 8. The molecule has 0 radical (unpaired) electrons. The molecular formula is C16H34IN3O. The number of aliphatic imine (C=N–C) groups is 1. The van der Waals surface area contributed by atoms with E-state index >= 15 is 0 Å². The molecule has 126 valence electrons. The molecule has 1 saturated carbocycles. The van der Waals surface area contributed by atoms with E-state index in [1.807, 2.05) is 0 Å². The summed E-state index contributed by atoms with van der Waals surface area (Å²) in [5, 5.41) is 17.1. The Morgan fingerprint density at radius 3 is 2.48 bits per heavy atom. The van der Waals surface area contributed by atoms with Gasteiger partial charge in [0.1, 0.15) is 0 Å². The molecule has 0 spiro atoms. The number of aliphatic hydroxyl groups is 1. The van der Waals surface area contributed by atoms with Crippen molar-refractivity contribution in [3.63, 3.8) is 0 Å². The maximum absolute atomic E-state index is 10.4. The van der Waals surface area contributed by atoms with Crippen LogP contribution >= 0.6 is 24.0 Å². The standard InChI is InChI=1S/C16H33N3O.HI/c1-4-6-7-10-14(3)19-15(17-5-2)18-13-16(20)11-8-9-12-16;/h14,20H,4-13H2,1-3H3,(H2,17,18,19);1H. The minimum Gasteiger partial charge on any atom is -0.388 e. The van der Waals surface area contributed by atoms with Crippen LogP contribution in [0.15, 0.2) is 4.99 Å². The zero-order valence-corrected chi connectivity index (χ0v) is 16.3. The molecule has 0 aromatic heterocycles.